The molecule has 0 N–H and O–H groups in total. The lowest BCUT2D eigenvalue weighted by Crippen LogP contribution is -2.62. The lowest BCUT2D eigenvalue weighted by Gasteiger charge is -2.45. The number of ether oxygens (including phenoxy) is 2. The molecule has 9 heteroatoms. The standard InChI is InChI=1S/C19H20N6O3/c1-12-20-21-17-7-8-18(22-25(12)17)24-9-13(10-24)23(2)19(26)16-11-27-14-5-3-4-6-15(14)28-16/h3-8,13,16H,9-11H2,1-2H3. The Bertz CT molecular complexity index is 1050. The van der Waals surface area contributed by atoms with Crippen molar-refractivity contribution in [2.75, 3.05) is 31.6 Å². The number of anilines is 1. The second kappa shape index (κ2) is 6.36. The number of carbonyl (C=O) groups excluding carboxylic acids is 1. The van der Waals surface area contributed by atoms with Crippen LogP contribution in [0, 0.1) is 6.92 Å². The maximum absolute atomic E-state index is 12.8. The van der Waals surface area contributed by atoms with Gasteiger partial charge in [-0.05, 0) is 31.2 Å². The molecule has 2 aromatic heterocycles. The summed E-state index contributed by atoms with van der Waals surface area (Å²) >= 11 is 0. The van der Waals surface area contributed by atoms with Gasteiger partial charge in [0.25, 0.3) is 5.91 Å². The van der Waals surface area contributed by atoms with Crippen LogP contribution in [0.2, 0.25) is 0 Å². The Morgan fingerprint density at radius 2 is 1.93 bits per heavy atom. The molecular weight excluding hydrogens is 360 g/mol. The van der Waals surface area contributed by atoms with Crippen LogP contribution < -0.4 is 14.4 Å². The zero-order valence-corrected chi connectivity index (χ0v) is 15.6. The molecule has 0 saturated carbocycles. The second-order valence-corrected chi connectivity index (χ2v) is 7.08. The van der Waals surface area contributed by atoms with E-state index in [1.54, 1.807) is 9.42 Å². The van der Waals surface area contributed by atoms with Crippen molar-refractivity contribution in [3.8, 4) is 11.5 Å². The van der Waals surface area contributed by atoms with Crippen molar-refractivity contribution in [1.29, 1.82) is 0 Å². The minimum absolute atomic E-state index is 0.0720. The summed E-state index contributed by atoms with van der Waals surface area (Å²) in [6.07, 6.45) is -0.622. The molecular formula is C19H20N6O3. The smallest absolute Gasteiger partial charge is 0.267 e. The molecule has 2 aliphatic heterocycles. The summed E-state index contributed by atoms with van der Waals surface area (Å²) < 4.78 is 13.2. The highest BCUT2D eigenvalue weighted by atomic mass is 16.6. The summed E-state index contributed by atoms with van der Waals surface area (Å²) in [5.41, 5.74) is 0.723. The Morgan fingerprint density at radius 3 is 2.75 bits per heavy atom. The maximum atomic E-state index is 12.8. The number of carbonyl (C=O) groups is 1. The van der Waals surface area contributed by atoms with Crippen molar-refractivity contribution in [3.63, 3.8) is 0 Å². The lowest BCUT2D eigenvalue weighted by molar-refractivity contribution is -0.142. The van der Waals surface area contributed by atoms with Gasteiger partial charge in [-0.25, -0.2) is 0 Å². The van der Waals surface area contributed by atoms with Gasteiger partial charge in [0.1, 0.15) is 12.4 Å². The van der Waals surface area contributed by atoms with Crippen molar-refractivity contribution in [3.05, 3.63) is 42.2 Å². The van der Waals surface area contributed by atoms with Crippen LogP contribution in [-0.2, 0) is 4.79 Å². The van der Waals surface area contributed by atoms with E-state index in [1.807, 2.05) is 50.4 Å². The second-order valence-electron chi connectivity index (χ2n) is 7.08. The monoisotopic (exact) mass is 380 g/mol. The molecule has 2 aliphatic rings. The number of benzene rings is 1. The molecule has 1 saturated heterocycles. The topological polar surface area (TPSA) is 85.1 Å². The lowest BCUT2D eigenvalue weighted by atomic mass is 10.1. The van der Waals surface area contributed by atoms with Gasteiger partial charge in [-0.3, -0.25) is 4.79 Å². The molecule has 28 heavy (non-hydrogen) atoms. The Hall–Kier alpha value is -3.36. The molecule has 1 unspecified atom stereocenters. The largest absolute Gasteiger partial charge is 0.485 e. The predicted molar refractivity (Wildman–Crippen MR) is 101 cm³/mol. The summed E-state index contributed by atoms with van der Waals surface area (Å²) in [6.45, 7) is 3.52. The minimum Gasteiger partial charge on any atom is -0.485 e. The van der Waals surface area contributed by atoms with Crippen LogP contribution in [0.5, 0.6) is 11.5 Å². The molecule has 0 bridgehead atoms. The molecule has 3 aromatic rings. The first-order chi connectivity index (χ1) is 13.6. The molecule has 0 aliphatic carbocycles. The highest BCUT2D eigenvalue weighted by Gasteiger charge is 2.38. The average Bonchev–Trinajstić information content (AvgIpc) is 3.06. The summed E-state index contributed by atoms with van der Waals surface area (Å²) in [6, 6.07) is 11.3. The normalized spacial score (nSPS) is 18.8. The Morgan fingerprint density at radius 1 is 1.14 bits per heavy atom. The third-order valence-electron chi connectivity index (χ3n) is 5.27. The van der Waals surface area contributed by atoms with Crippen molar-refractivity contribution in [1.82, 2.24) is 24.7 Å². The highest BCUT2D eigenvalue weighted by molar-refractivity contribution is 5.82. The van der Waals surface area contributed by atoms with Crippen molar-refractivity contribution >= 4 is 17.4 Å². The fourth-order valence-corrected chi connectivity index (χ4v) is 3.49. The van der Waals surface area contributed by atoms with Crippen LogP contribution in [0.4, 0.5) is 5.82 Å². The van der Waals surface area contributed by atoms with Gasteiger partial charge in [0.05, 0.1) is 6.04 Å². The van der Waals surface area contributed by atoms with Crippen molar-refractivity contribution < 1.29 is 14.3 Å². The molecule has 1 atom stereocenters. The van der Waals surface area contributed by atoms with Gasteiger partial charge in [0.15, 0.2) is 23.0 Å². The van der Waals surface area contributed by atoms with E-state index >= 15 is 0 Å². The van der Waals surface area contributed by atoms with E-state index in [9.17, 15) is 4.79 Å². The molecule has 1 amide bonds. The van der Waals surface area contributed by atoms with E-state index < -0.39 is 6.10 Å². The number of hydrogen-bond acceptors (Lipinski definition) is 7. The van der Waals surface area contributed by atoms with Gasteiger partial charge in [-0.1, -0.05) is 12.1 Å². The molecule has 9 nitrogen and oxygen atoms in total. The Balaban J connectivity index is 1.23. The Kier molecular flexibility index (Phi) is 3.81. The first kappa shape index (κ1) is 16.8. The zero-order chi connectivity index (χ0) is 19.3. The number of nitrogens with zero attached hydrogens (tertiary/aromatic N) is 6. The summed E-state index contributed by atoms with van der Waals surface area (Å²) in [4.78, 5) is 16.7. The highest BCUT2D eigenvalue weighted by Crippen LogP contribution is 2.31. The van der Waals surface area contributed by atoms with Gasteiger partial charge in [0.2, 0.25) is 6.10 Å². The maximum Gasteiger partial charge on any atom is 0.267 e. The van der Waals surface area contributed by atoms with Crippen LogP contribution in [0.3, 0.4) is 0 Å². The fourth-order valence-electron chi connectivity index (χ4n) is 3.49. The van der Waals surface area contributed by atoms with Gasteiger partial charge in [-0.15, -0.1) is 15.3 Å². The van der Waals surface area contributed by atoms with E-state index in [0.717, 1.165) is 17.3 Å². The van der Waals surface area contributed by atoms with Gasteiger partial charge >= 0.3 is 0 Å². The summed E-state index contributed by atoms with van der Waals surface area (Å²) in [5.74, 6) is 2.80. The van der Waals surface area contributed by atoms with Gasteiger partial charge in [-0.2, -0.15) is 4.52 Å². The van der Waals surface area contributed by atoms with E-state index in [2.05, 4.69) is 20.2 Å². The SMILES string of the molecule is Cc1nnc2ccc(N3CC(N(C)C(=O)C4COc5ccccc5O4)C3)nn12. The first-order valence-electron chi connectivity index (χ1n) is 9.19. The Labute approximate surface area is 161 Å². The number of amides is 1. The quantitative estimate of drug-likeness (QED) is 0.668. The number of para-hydroxylation sites is 2. The van der Waals surface area contributed by atoms with Crippen LogP contribution in [0.1, 0.15) is 5.82 Å². The molecule has 4 heterocycles. The van der Waals surface area contributed by atoms with Gasteiger partial charge in [0, 0.05) is 20.1 Å². The van der Waals surface area contributed by atoms with Crippen LogP contribution >= 0.6 is 0 Å². The number of rotatable bonds is 3. The van der Waals surface area contributed by atoms with Crippen LogP contribution in [-0.4, -0.2) is 69.5 Å². The predicted octanol–water partition coefficient (Wildman–Crippen LogP) is 0.920. The molecule has 1 aromatic carbocycles. The molecule has 0 spiro atoms. The number of aromatic nitrogens is 4. The van der Waals surface area contributed by atoms with Crippen LogP contribution in [0.15, 0.2) is 36.4 Å². The first-order valence-corrected chi connectivity index (χ1v) is 9.19. The molecule has 144 valence electrons. The molecule has 1 fully saturated rings. The number of fused-ring (bicyclic) bond motifs is 2. The number of likely N-dealkylation sites (N-methyl/N-ethyl adjacent to an activating group) is 1. The van der Waals surface area contributed by atoms with Crippen LogP contribution in [0.25, 0.3) is 5.65 Å². The van der Waals surface area contributed by atoms with E-state index in [0.29, 0.717) is 24.6 Å². The fraction of sp³-hybridized carbons (Fsp3) is 0.368. The van der Waals surface area contributed by atoms with Crippen molar-refractivity contribution in [2.24, 2.45) is 0 Å². The zero-order valence-electron chi connectivity index (χ0n) is 15.6. The minimum atomic E-state index is -0.622. The van der Waals surface area contributed by atoms with Crippen molar-refractivity contribution in [2.45, 2.75) is 19.1 Å². The average molecular weight is 380 g/mol. The number of hydrogen-bond donors (Lipinski definition) is 0. The summed E-state index contributed by atoms with van der Waals surface area (Å²) in [5, 5.41) is 12.7. The van der Waals surface area contributed by atoms with E-state index in [1.165, 1.54) is 0 Å². The van der Waals surface area contributed by atoms with E-state index in [-0.39, 0.29) is 18.6 Å². The third-order valence-corrected chi connectivity index (χ3v) is 5.27. The molecule has 0 radical (unpaired) electrons. The van der Waals surface area contributed by atoms with E-state index in [4.69, 9.17) is 9.47 Å². The van der Waals surface area contributed by atoms with Gasteiger partial charge < -0.3 is 19.3 Å². The summed E-state index contributed by atoms with van der Waals surface area (Å²) in [7, 11) is 1.81. The third kappa shape index (κ3) is 2.70. The molecule has 5 rings (SSSR count). The number of aryl methyl sites for hydroxylation is 1.